The van der Waals surface area contributed by atoms with Gasteiger partial charge in [0.15, 0.2) is 0 Å². The molecule has 0 unspecified atom stereocenters. The van der Waals surface area contributed by atoms with Crippen molar-refractivity contribution in [1.82, 2.24) is 4.98 Å². The summed E-state index contributed by atoms with van der Waals surface area (Å²) in [4.78, 5) is 15.9. The summed E-state index contributed by atoms with van der Waals surface area (Å²) in [6, 6.07) is 16.2. The number of fused-ring (bicyclic) bond motifs is 1. The maximum atomic E-state index is 11.5. The fourth-order valence-electron chi connectivity index (χ4n) is 2.51. The number of aryl methyl sites for hydroxylation is 1. The van der Waals surface area contributed by atoms with Gasteiger partial charge in [-0.1, -0.05) is 42.0 Å². The number of rotatable bonds is 2. The molecule has 0 aliphatic carbocycles. The van der Waals surface area contributed by atoms with Gasteiger partial charge in [-0.15, -0.1) is 0 Å². The van der Waals surface area contributed by atoms with Crippen molar-refractivity contribution in [3.8, 4) is 11.1 Å². The molecule has 0 aliphatic rings. The van der Waals surface area contributed by atoms with E-state index in [2.05, 4.69) is 23.3 Å². The molecular weight excluding hydrogens is 260 g/mol. The van der Waals surface area contributed by atoms with Crippen molar-refractivity contribution in [1.29, 1.82) is 0 Å². The highest BCUT2D eigenvalue weighted by molar-refractivity contribution is 6.04. The molecule has 0 atom stereocenters. The number of anilines is 1. The van der Waals surface area contributed by atoms with Crippen molar-refractivity contribution in [3.63, 3.8) is 0 Å². The monoisotopic (exact) mass is 276 g/mol. The van der Waals surface area contributed by atoms with E-state index in [-0.39, 0.29) is 5.91 Å². The molecule has 0 aliphatic heterocycles. The Bertz CT molecular complexity index is 810. The number of hydrogen-bond acceptors (Lipinski definition) is 2. The summed E-state index contributed by atoms with van der Waals surface area (Å²) in [6.45, 7) is 3.56. The van der Waals surface area contributed by atoms with Gasteiger partial charge < -0.3 is 5.32 Å². The van der Waals surface area contributed by atoms with Crippen LogP contribution in [0.3, 0.4) is 0 Å². The van der Waals surface area contributed by atoms with Crippen molar-refractivity contribution in [2.45, 2.75) is 13.8 Å². The Hall–Kier alpha value is -2.68. The number of amides is 1. The number of nitrogens with zero attached hydrogens (tertiary/aromatic N) is 1. The highest BCUT2D eigenvalue weighted by atomic mass is 16.1. The fraction of sp³-hybridized carbons (Fsp3) is 0.111. The van der Waals surface area contributed by atoms with E-state index < -0.39 is 0 Å². The van der Waals surface area contributed by atoms with Crippen molar-refractivity contribution in [2.75, 3.05) is 5.32 Å². The molecule has 0 fully saturated rings. The predicted molar refractivity (Wildman–Crippen MR) is 86.2 cm³/mol. The molecule has 1 heterocycles. The average molecular weight is 276 g/mol. The summed E-state index contributed by atoms with van der Waals surface area (Å²) >= 11 is 0. The molecule has 1 N–H and O–H groups in total. The molecule has 0 bridgehead atoms. The number of benzene rings is 2. The summed E-state index contributed by atoms with van der Waals surface area (Å²) in [5.41, 5.74) is 4.92. The largest absolute Gasteiger partial charge is 0.324 e. The molecule has 2 aromatic carbocycles. The van der Waals surface area contributed by atoms with Gasteiger partial charge in [0.2, 0.25) is 5.91 Å². The lowest BCUT2D eigenvalue weighted by atomic mass is 9.98. The van der Waals surface area contributed by atoms with Gasteiger partial charge in [-0.3, -0.25) is 9.78 Å². The van der Waals surface area contributed by atoms with Crippen LogP contribution in [0.15, 0.2) is 54.7 Å². The smallest absolute Gasteiger partial charge is 0.221 e. The van der Waals surface area contributed by atoms with Gasteiger partial charge in [0, 0.05) is 17.9 Å². The van der Waals surface area contributed by atoms with E-state index in [4.69, 9.17) is 0 Å². The third-order valence-electron chi connectivity index (χ3n) is 3.40. The van der Waals surface area contributed by atoms with Crippen molar-refractivity contribution >= 4 is 22.5 Å². The van der Waals surface area contributed by atoms with Crippen LogP contribution in [-0.2, 0) is 4.79 Å². The number of carbonyl (C=O) groups excluding carboxylic acids is 1. The Kier molecular flexibility index (Phi) is 3.40. The highest BCUT2D eigenvalue weighted by Gasteiger charge is 2.12. The first-order valence-electron chi connectivity index (χ1n) is 6.87. The lowest BCUT2D eigenvalue weighted by Gasteiger charge is -2.13. The van der Waals surface area contributed by atoms with E-state index in [1.807, 2.05) is 42.5 Å². The van der Waals surface area contributed by atoms with Gasteiger partial charge in [-0.05, 0) is 24.6 Å². The molecule has 1 aromatic heterocycles. The van der Waals surface area contributed by atoms with Crippen LogP contribution in [0.1, 0.15) is 12.5 Å². The first kappa shape index (κ1) is 13.3. The summed E-state index contributed by atoms with van der Waals surface area (Å²) < 4.78 is 0. The molecule has 0 spiro atoms. The van der Waals surface area contributed by atoms with Crippen LogP contribution in [0.4, 0.5) is 5.69 Å². The van der Waals surface area contributed by atoms with E-state index in [1.165, 1.54) is 12.5 Å². The van der Waals surface area contributed by atoms with Crippen LogP contribution in [0.2, 0.25) is 0 Å². The van der Waals surface area contributed by atoms with E-state index in [0.29, 0.717) is 0 Å². The fourth-order valence-corrected chi connectivity index (χ4v) is 2.51. The number of aromatic nitrogens is 1. The van der Waals surface area contributed by atoms with Crippen LogP contribution in [0, 0.1) is 6.92 Å². The SMILES string of the molecule is CC(=O)Nc1cnc2ccc(C)cc2c1-c1ccccc1. The second-order valence-corrected chi connectivity index (χ2v) is 5.11. The topological polar surface area (TPSA) is 42.0 Å². The predicted octanol–water partition coefficient (Wildman–Crippen LogP) is 4.17. The zero-order valence-corrected chi connectivity index (χ0v) is 12.1. The Morgan fingerprint density at radius 2 is 1.86 bits per heavy atom. The first-order chi connectivity index (χ1) is 10.1. The Balaban J connectivity index is 2.34. The minimum absolute atomic E-state index is 0.0963. The number of hydrogen-bond donors (Lipinski definition) is 1. The summed E-state index contributed by atoms with van der Waals surface area (Å²) in [7, 11) is 0. The zero-order valence-electron chi connectivity index (χ0n) is 12.1. The van der Waals surface area contributed by atoms with E-state index in [9.17, 15) is 4.79 Å². The molecule has 3 heteroatoms. The molecule has 0 saturated carbocycles. The van der Waals surface area contributed by atoms with Crippen LogP contribution in [0.5, 0.6) is 0 Å². The Morgan fingerprint density at radius 3 is 2.57 bits per heavy atom. The maximum Gasteiger partial charge on any atom is 0.221 e. The zero-order chi connectivity index (χ0) is 14.8. The lowest BCUT2D eigenvalue weighted by Crippen LogP contribution is -2.07. The van der Waals surface area contributed by atoms with E-state index in [1.54, 1.807) is 6.20 Å². The molecule has 3 aromatic rings. The van der Waals surface area contributed by atoms with Crippen LogP contribution >= 0.6 is 0 Å². The minimum Gasteiger partial charge on any atom is -0.324 e. The molecule has 21 heavy (non-hydrogen) atoms. The molecule has 3 nitrogen and oxygen atoms in total. The first-order valence-corrected chi connectivity index (χ1v) is 6.87. The van der Waals surface area contributed by atoms with Gasteiger partial charge in [0.25, 0.3) is 0 Å². The summed E-state index contributed by atoms with van der Waals surface area (Å²) in [5, 5.41) is 3.93. The van der Waals surface area contributed by atoms with Crippen molar-refractivity contribution in [2.24, 2.45) is 0 Å². The van der Waals surface area contributed by atoms with Gasteiger partial charge in [-0.25, -0.2) is 0 Å². The molecule has 0 radical (unpaired) electrons. The Labute approximate surface area is 123 Å². The normalized spacial score (nSPS) is 10.6. The van der Waals surface area contributed by atoms with E-state index >= 15 is 0 Å². The van der Waals surface area contributed by atoms with Crippen molar-refractivity contribution in [3.05, 3.63) is 60.3 Å². The third kappa shape index (κ3) is 2.63. The van der Waals surface area contributed by atoms with Crippen molar-refractivity contribution < 1.29 is 4.79 Å². The van der Waals surface area contributed by atoms with Gasteiger partial charge in [-0.2, -0.15) is 0 Å². The quantitative estimate of drug-likeness (QED) is 0.763. The summed E-state index contributed by atoms with van der Waals surface area (Å²) in [6.07, 6.45) is 1.72. The second kappa shape index (κ2) is 5.37. The second-order valence-electron chi connectivity index (χ2n) is 5.11. The number of carbonyl (C=O) groups is 1. The number of nitrogens with one attached hydrogen (secondary N) is 1. The third-order valence-corrected chi connectivity index (χ3v) is 3.40. The highest BCUT2D eigenvalue weighted by Crippen LogP contribution is 2.34. The number of pyridine rings is 1. The van der Waals surface area contributed by atoms with Gasteiger partial charge >= 0.3 is 0 Å². The minimum atomic E-state index is -0.0963. The molecule has 104 valence electrons. The molecular formula is C18H16N2O. The lowest BCUT2D eigenvalue weighted by molar-refractivity contribution is -0.114. The Morgan fingerprint density at radius 1 is 1.10 bits per heavy atom. The van der Waals surface area contributed by atoms with Crippen LogP contribution in [-0.4, -0.2) is 10.9 Å². The van der Waals surface area contributed by atoms with Gasteiger partial charge in [0.1, 0.15) is 0 Å². The molecule has 1 amide bonds. The van der Waals surface area contributed by atoms with Gasteiger partial charge in [0.05, 0.1) is 17.4 Å². The maximum absolute atomic E-state index is 11.5. The standard InChI is InChI=1S/C18H16N2O/c1-12-8-9-16-15(10-12)18(14-6-4-3-5-7-14)17(11-19-16)20-13(2)21/h3-11H,1-2H3,(H,20,21). The molecule has 0 saturated heterocycles. The summed E-state index contributed by atoms with van der Waals surface area (Å²) in [5.74, 6) is -0.0963. The molecule has 3 rings (SSSR count). The van der Waals surface area contributed by atoms with Crippen LogP contribution in [0.25, 0.3) is 22.0 Å². The van der Waals surface area contributed by atoms with Crippen LogP contribution < -0.4 is 5.32 Å². The average Bonchev–Trinajstić information content (AvgIpc) is 2.47. The van der Waals surface area contributed by atoms with E-state index in [0.717, 1.165) is 27.7 Å².